The molecule has 0 atom stereocenters. The van der Waals surface area contributed by atoms with Crippen LogP contribution < -0.4 is 0 Å². The highest BCUT2D eigenvalue weighted by Gasteiger charge is 2.26. The predicted molar refractivity (Wildman–Crippen MR) is 52.0 cm³/mol. The van der Waals surface area contributed by atoms with Crippen LogP contribution in [0.5, 0.6) is 0 Å². The monoisotopic (exact) mass is 294 g/mol. The molecule has 0 spiro atoms. The summed E-state index contributed by atoms with van der Waals surface area (Å²) in [6.07, 6.45) is 2.87. The molecule has 0 amide bonds. The van der Waals surface area contributed by atoms with Crippen molar-refractivity contribution in [3.8, 4) is 0 Å². The number of hydrogen-bond acceptors (Lipinski definition) is 3. The summed E-state index contributed by atoms with van der Waals surface area (Å²) >= 11 is 1.89. The second kappa shape index (κ2) is 2.49. The smallest absolute Gasteiger partial charge is 0.263 e. The summed E-state index contributed by atoms with van der Waals surface area (Å²) in [6, 6.07) is 1.64. The van der Waals surface area contributed by atoms with E-state index in [1.165, 1.54) is 6.20 Å². The molecular weight excluding hydrogens is 291 g/mol. The maximum absolute atomic E-state index is 11.2. The maximum Gasteiger partial charge on any atom is 0.285 e. The molecule has 1 aromatic heterocycles. The van der Waals surface area contributed by atoms with Gasteiger partial charge in [0.2, 0.25) is 0 Å². The lowest BCUT2D eigenvalue weighted by molar-refractivity contribution is 0.599. The SMILES string of the molecule is O=S1(=O)N=C(I)c2ccncc21. The Morgan fingerprint density at radius 1 is 1.42 bits per heavy atom. The highest BCUT2D eigenvalue weighted by molar-refractivity contribution is 14.1. The minimum Gasteiger partial charge on any atom is -0.263 e. The summed E-state index contributed by atoms with van der Waals surface area (Å²) < 4.78 is 26.5. The summed E-state index contributed by atoms with van der Waals surface area (Å²) in [4.78, 5) is 3.93. The molecule has 0 saturated heterocycles. The van der Waals surface area contributed by atoms with Crippen LogP contribution in [0.2, 0.25) is 0 Å². The minimum absolute atomic E-state index is 0.203. The quantitative estimate of drug-likeness (QED) is 0.670. The third-order valence-corrected chi connectivity index (χ3v) is 3.94. The maximum atomic E-state index is 11.2. The zero-order valence-corrected chi connectivity index (χ0v) is 8.70. The van der Waals surface area contributed by atoms with Gasteiger partial charge in [0.15, 0.2) is 0 Å². The van der Waals surface area contributed by atoms with Crippen molar-refractivity contribution in [2.45, 2.75) is 4.90 Å². The first-order valence-electron chi connectivity index (χ1n) is 3.06. The van der Waals surface area contributed by atoms with E-state index in [2.05, 4.69) is 9.38 Å². The van der Waals surface area contributed by atoms with Gasteiger partial charge in [-0.25, -0.2) is 0 Å². The Morgan fingerprint density at radius 2 is 2.17 bits per heavy atom. The van der Waals surface area contributed by atoms with E-state index in [4.69, 9.17) is 0 Å². The number of sulfonamides is 1. The minimum atomic E-state index is -3.44. The van der Waals surface area contributed by atoms with E-state index in [-0.39, 0.29) is 4.90 Å². The Balaban J connectivity index is 2.86. The van der Waals surface area contributed by atoms with Gasteiger partial charge in [-0.3, -0.25) is 4.98 Å². The zero-order valence-electron chi connectivity index (χ0n) is 5.73. The van der Waals surface area contributed by atoms with Crippen molar-refractivity contribution in [1.29, 1.82) is 0 Å². The van der Waals surface area contributed by atoms with Crippen molar-refractivity contribution in [3.63, 3.8) is 0 Å². The molecule has 1 aliphatic heterocycles. The van der Waals surface area contributed by atoms with E-state index in [9.17, 15) is 8.42 Å². The average molecular weight is 294 g/mol. The zero-order chi connectivity index (χ0) is 8.77. The highest BCUT2D eigenvalue weighted by atomic mass is 127. The van der Waals surface area contributed by atoms with Gasteiger partial charge >= 0.3 is 0 Å². The Labute approximate surface area is 82.9 Å². The lowest BCUT2D eigenvalue weighted by Gasteiger charge is -1.92. The lowest BCUT2D eigenvalue weighted by Crippen LogP contribution is -1.93. The number of halogens is 1. The summed E-state index contributed by atoms with van der Waals surface area (Å²) in [5, 5.41) is 0. The molecule has 2 rings (SSSR count). The molecule has 6 heteroatoms. The van der Waals surface area contributed by atoms with E-state index in [0.29, 0.717) is 9.28 Å². The van der Waals surface area contributed by atoms with Crippen molar-refractivity contribution in [2.75, 3.05) is 0 Å². The van der Waals surface area contributed by atoms with Crippen molar-refractivity contribution in [3.05, 3.63) is 24.0 Å². The Morgan fingerprint density at radius 3 is 2.83 bits per heavy atom. The number of hydrogen-bond donors (Lipinski definition) is 0. The van der Waals surface area contributed by atoms with Crippen molar-refractivity contribution < 1.29 is 8.42 Å². The van der Waals surface area contributed by atoms with Crippen LogP contribution >= 0.6 is 22.6 Å². The standard InChI is InChI=1S/C6H3IN2O2S/c7-6-4-1-2-8-3-5(4)12(10,11)9-6/h1-3H. The molecular formula is C6H3IN2O2S. The number of fused-ring (bicyclic) bond motifs is 1. The molecule has 0 fully saturated rings. The second-order valence-corrected chi connectivity index (χ2v) is 4.82. The third kappa shape index (κ3) is 1.06. The van der Waals surface area contributed by atoms with E-state index >= 15 is 0 Å². The van der Waals surface area contributed by atoms with Crippen LogP contribution in [0.4, 0.5) is 0 Å². The molecule has 0 aliphatic carbocycles. The van der Waals surface area contributed by atoms with Crippen molar-refractivity contribution in [1.82, 2.24) is 4.98 Å². The van der Waals surface area contributed by atoms with E-state index in [1.807, 2.05) is 22.6 Å². The molecule has 0 N–H and O–H groups in total. The molecule has 0 radical (unpaired) electrons. The van der Waals surface area contributed by atoms with Gasteiger partial charge in [0, 0.05) is 18.0 Å². The van der Waals surface area contributed by atoms with Gasteiger partial charge < -0.3 is 0 Å². The first-order chi connectivity index (χ1) is 5.61. The molecule has 0 aromatic carbocycles. The van der Waals surface area contributed by atoms with Crippen LogP contribution in [0.15, 0.2) is 27.8 Å². The van der Waals surface area contributed by atoms with Gasteiger partial charge in [-0.1, -0.05) is 0 Å². The summed E-state index contributed by atoms with van der Waals surface area (Å²) in [7, 11) is -3.44. The van der Waals surface area contributed by atoms with Gasteiger partial charge in [0.1, 0.15) is 8.61 Å². The molecule has 0 bridgehead atoms. The fraction of sp³-hybridized carbons (Fsp3) is 0. The molecule has 0 unspecified atom stereocenters. The largest absolute Gasteiger partial charge is 0.285 e. The molecule has 1 aromatic rings. The van der Waals surface area contributed by atoms with Gasteiger partial charge in [-0.15, -0.1) is 0 Å². The van der Waals surface area contributed by atoms with Crippen molar-refractivity contribution in [2.24, 2.45) is 4.40 Å². The first-order valence-corrected chi connectivity index (χ1v) is 5.58. The predicted octanol–water partition coefficient (Wildman–Crippen LogP) is 0.966. The molecule has 0 saturated carbocycles. The highest BCUT2D eigenvalue weighted by Crippen LogP contribution is 2.27. The normalized spacial score (nSPS) is 18.6. The molecule has 4 nitrogen and oxygen atoms in total. The Bertz CT molecular complexity index is 466. The number of rotatable bonds is 0. The van der Waals surface area contributed by atoms with Gasteiger partial charge in [0.25, 0.3) is 10.0 Å². The van der Waals surface area contributed by atoms with E-state index in [0.717, 1.165) is 0 Å². The van der Waals surface area contributed by atoms with Crippen LogP contribution in [0.3, 0.4) is 0 Å². The van der Waals surface area contributed by atoms with Crippen LogP contribution in [-0.2, 0) is 10.0 Å². The van der Waals surface area contributed by atoms with Crippen LogP contribution in [0.25, 0.3) is 0 Å². The number of pyridine rings is 1. The first kappa shape index (κ1) is 8.11. The van der Waals surface area contributed by atoms with Gasteiger partial charge in [0.05, 0.1) is 0 Å². The molecule has 12 heavy (non-hydrogen) atoms. The molecule has 1 aliphatic rings. The summed E-state index contributed by atoms with van der Waals surface area (Å²) in [5.41, 5.74) is 0.644. The Kier molecular flexibility index (Phi) is 1.69. The van der Waals surface area contributed by atoms with Gasteiger partial charge in [-0.05, 0) is 28.7 Å². The Hall–Kier alpha value is -0.500. The summed E-state index contributed by atoms with van der Waals surface area (Å²) in [5.74, 6) is 0. The molecule has 2 heterocycles. The summed E-state index contributed by atoms with van der Waals surface area (Å²) in [6.45, 7) is 0. The third-order valence-electron chi connectivity index (χ3n) is 1.49. The van der Waals surface area contributed by atoms with E-state index < -0.39 is 10.0 Å². The van der Waals surface area contributed by atoms with Crippen molar-refractivity contribution >= 4 is 36.3 Å². The van der Waals surface area contributed by atoms with E-state index in [1.54, 1.807) is 12.3 Å². The second-order valence-electron chi connectivity index (χ2n) is 2.23. The van der Waals surface area contributed by atoms with Crippen LogP contribution in [0, 0.1) is 0 Å². The average Bonchev–Trinajstić information content (AvgIpc) is 2.25. The number of aromatic nitrogens is 1. The fourth-order valence-electron chi connectivity index (χ4n) is 0.960. The fourth-order valence-corrected chi connectivity index (χ4v) is 3.44. The topological polar surface area (TPSA) is 59.4 Å². The number of nitrogens with zero attached hydrogens (tertiary/aromatic N) is 2. The van der Waals surface area contributed by atoms with Crippen LogP contribution in [0.1, 0.15) is 5.56 Å². The van der Waals surface area contributed by atoms with Gasteiger partial charge in [-0.2, -0.15) is 12.8 Å². The van der Waals surface area contributed by atoms with Crippen LogP contribution in [-0.4, -0.2) is 17.1 Å². The molecule has 62 valence electrons. The lowest BCUT2D eigenvalue weighted by atomic mass is 10.3.